The number of unbranched alkanes of at least 4 members (excludes halogenated alkanes) is 1. The molecule has 0 atom stereocenters. The minimum absolute atomic E-state index is 0.0846. The van der Waals surface area contributed by atoms with Crippen molar-refractivity contribution >= 4 is 52.1 Å². The maximum Gasteiger partial charge on any atom is 0.309 e. The highest BCUT2D eigenvalue weighted by atomic mass is 32.2. The monoisotopic (exact) mass is 530 g/mol. The van der Waals surface area contributed by atoms with E-state index in [-0.39, 0.29) is 28.9 Å². The van der Waals surface area contributed by atoms with E-state index in [4.69, 9.17) is 17.0 Å². The second kappa shape index (κ2) is 12.5. The molecule has 194 valence electrons. The van der Waals surface area contributed by atoms with Crippen LogP contribution in [0, 0.1) is 24.2 Å². The molecule has 0 aliphatic carbocycles. The van der Waals surface area contributed by atoms with E-state index >= 15 is 0 Å². The van der Waals surface area contributed by atoms with E-state index in [0.717, 1.165) is 12.8 Å². The Balaban J connectivity index is 2.10. The van der Waals surface area contributed by atoms with Gasteiger partial charge in [0.05, 0.1) is 17.4 Å². The van der Waals surface area contributed by atoms with Crippen molar-refractivity contribution in [3.05, 3.63) is 31.9 Å². The van der Waals surface area contributed by atoms with Crippen LogP contribution in [0.15, 0.2) is 9.70 Å². The van der Waals surface area contributed by atoms with Gasteiger partial charge in [-0.2, -0.15) is 5.26 Å². The van der Waals surface area contributed by atoms with E-state index in [2.05, 4.69) is 17.9 Å². The van der Waals surface area contributed by atoms with Crippen molar-refractivity contribution in [3.63, 3.8) is 0 Å². The number of aromatic nitrogens is 1. The molecule has 2 aliphatic rings. The first-order valence-electron chi connectivity index (χ1n) is 12.6. The minimum atomic E-state index is -0.327. The van der Waals surface area contributed by atoms with Crippen LogP contribution >= 0.6 is 24.0 Å². The minimum Gasteiger partial charge on any atom is -0.466 e. The molecule has 2 aliphatic heterocycles. The fourth-order valence-corrected chi connectivity index (χ4v) is 5.93. The summed E-state index contributed by atoms with van der Waals surface area (Å²) in [7, 11) is 0. The number of nitriles is 1. The third kappa shape index (κ3) is 5.68. The number of rotatable bonds is 9. The number of thioether (sulfide) groups is 1. The topological polar surface area (TPSA) is 95.6 Å². The molecule has 1 aromatic rings. The lowest BCUT2D eigenvalue weighted by atomic mass is 9.95. The van der Waals surface area contributed by atoms with Crippen molar-refractivity contribution in [2.75, 3.05) is 31.1 Å². The normalized spacial score (nSPS) is 17.7. The van der Waals surface area contributed by atoms with Gasteiger partial charge in [0.1, 0.15) is 21.8 Å². The predicted molar refractivity (Wildman–Crippen MR) is 147 cm³/mol. The van der Waals surface area contributed by atoms with Crippen LogP contribution in [0.25, 0.3) is 6.08 Å². The molecule has 3 heterocycles. The van der Waals surface area contributed by atoms with Crippen molar-refractivity contribution in [2.24, 2.45) is 5.92 Å². The molecule has 0 radical (unpaired) electrons. The molecule has 8 nitrogen and oxygen atoms in total. The Kier molecular flexibility index (Phi) is 9.74. The Labute approximate surface area is 222 Å². The molecule has 3 rings (SSSR count). The largest absolute Gasteiger partial charge is 0.466 e. The number of hydrogen-bond donors (Lipinski definition) is 0. The van der Waals surface area contributed by atoms with Crippen LogP contribution in [0.5, 0.6) is 0 Å². The average Bonchev–Trinajstić information content (AvgIpc) is 3.13. The molecule has 0 spiro atoms. The van der Waals surface area contributed by atoms with Gasteiger partial charge in [0.25, 0.3) is 11.5 Å². The van der Waals surface area contributed by atoms with Crippen LogP contribution in [0.4, 0.5) is 5.82 Å². The quantitative estimate of drug-likeness (QED) is 0.266. The van der Waals surface area contributed by atoms with Gasteiger partial charge in [-0.3, -0.25) is 23.9 Å². The number of piperidine rings is 1. The van der Waals surface area contributed by atoms with Gasteiger partial charge in [-0.25, -0.2) is 0 Å². The number of hydrogen-bond acceptors (Lipinski definition) is 8. The first kappa shape index (κ1) is 27.9. The zero-order valence-corrected chi connectivity index (χ0v) is 23.1. The van der Waals surface area contributed by atoms with Gasteiger partial charge < -0.3 is 9.64 Å². The first-order chi connectivity index (χ1) is 17.3. The fraction of sp³-hybridized carbons (Fsp3) is 0.577. The van der Waals surface area contributed by atoms with E-state index in [1.807, 2.05) is 6.92 Å². The van der Waals surface area contributed by atoms with Gasteiger partial charge in [0.15, 0.2) is 0 Å². The summed E-state index contributed by atoms with van der Waals surface area (Å²) in [5.74, 6) is 0.191. The SMILES string of the molecule is CCCCN1C(=O)/C(=C\c2c(C)c(C#N)c(=O)n(CCC)c2N2CCC(C(=O)OCC)CC2)SC1=S. The lowest BCUT2D eigenvalue weighted by Crippen LogP contribution is -2.41. The maximum atomic E-state index is 13.3. The Morgan fingerprint density at radius 2 is 1.89 bits per heavy atom. The molecule has 1 aromatic heterocycles. The molecular weight excluding hydrogens is 496 g/mol. The third-order valence-electron chi connectivity index (χ3n) is 6.59. The van der Waals surface area contributed by atoms with Crippen LogP contribution in [0.3, 0.4) is 0 Å². The zero-order valence-electron chi connectivity index (χ0n) is 21.5. The second-order valence-corrected chi connectivity index (χ2v) is 10.7. The molecule has 0 unspecified atom stereocenters. The summed E-state index contributed by atoms with van der Waals surface area (Å²) in [4.78, 5) is 43.0. The van der Waals surface area contributed by atoms with Gasteiger partial charge in [-0.15, -0.1) is 0 Å². The summed E-state index contributed by atoms with van der Waals surface area (Å²) >= 11 is 6.73. The summed E-state index contributed by atoms with van der Waals surface area (Å²) in [6, 6.07) is 2.08. The van der Waals surface area contributed by atoms with Crippen molar-refractivity contribution in [1.29, 1.82) is 5.26 Å². The van der Waals surface area contributed by atoms with Crippen LogP contribution in [-0.2, 0) is 20.9 Å². The smallest absolute Gasteiger partial charge is 0.309 e. The molecule has 0 bridgehead atoms. The van der Waals surface area contributed by atoms with Crippen molar-refractivity contribution in [1.82, 2.24) is 9.47 Å². The molecular formula is C26H34N4O4S2. The lowest BCUT2D eigenvalue weighted by molar-refractivity contribution is -0.148. The number of anilines is 1. The van der Waals surface area contributed by atoms with E-state index in [1.54, 1.807) is 29.4 Å². The fourth-order valence-electron chi connectivity index (χ4n) is 4.64. The number of thiocarbonyl (C=S) groups is 1. The number of amides is 1. The summed E-state index contributed by atoms with van der Waals surface area (Å²) in [5, 5.41) is 9.81. The van der Waals surface area contributed by atoms with Gasteiger partial charge in [0.2, 0.25) is 0 Å². The van der Waals surface area contributed by atoms with E-state index in [0.29, 0.717) is 78.2 Å². The molecule has 0 N–H and O–H groups in total. The Morgan fingerprint density at radius 3 is 2.47 bits per heavy atom. The molecule has 2 saturated heterocycles. The molecule has 2 fully saturated rings. The Morgan fingerprint density at radius 1 is 1.19 bits per heavy atom. The number of ether oxygens (including phenoxy) is 1. The highest BCUT2D eigenvalue weighted by molar-refractivity contribution is 8.26. The van der Waals surface area contributed by atoms with Gasteiger partial charge >= 0.3 is 5.97 Å². The molecule has 0 aromatic carbocycles. The van der Waals surface area contributed by atoms with E-state index < -0.39 is 0 Å². The number of pyridine rings is 1. The zero-order chi connectivity index (χ0) is 26.4. The summed E-state index contributed by atoms with van der Waals surface area (Å²) in [6.45, 7) is 10.1. The summed E-state index contributed by atoms with van der Waals surface area (Å²) < 4.78 is 7.39. The van der Waals surface area contributed by atoms with Crippen LogP contribution < -0.4 is 10.5 Å². The standard InChI is InChI=1S/C26H34N4O4S2/c1-5-8-12-30-24(32)21(36-26(30)35)15-19-17(4)20(16-27)23(31)29(11-6-2)22(19)28-13-9-18(10-14-28)25(33)34-7-3/h15,18H,5-14H2,1-4H3/b21-15+. The van der Waals surface area contributed by atoms with Crippen molar-refractivity contribution in [2.45, 2.75) is 66.3 Å². The lowest BCUT2D eigenvalue weighted by Gasteiger charge is -2.35. The highest BCUT2D eigenvalue weighted by Gasteiger charge is 2.34. The van der Waals surface area contributed by atoms with Crippen molar-refractivity contribution in [3.8, 4) is 6.07 Å². The second-order valence-electron chi connectivity index (χ2n) is 9.01. The number of carbonyl (C=O) groups excluding carboxylic acids is 2. The van der Waals surface area contributed by atoms with E-state index in [1.165, 1.54) is 11.8 Å². The predicted octanol–water partition coefficient (Wildman–Crippen LogP) is 4.22. The first-order valence-corrected chi connectivity index (χ1v) is 13.9. The molecule has 0 saturated carbocycles. The molecule has 10 heteroatoms. The van der Waals surface area contributed by atoms with Crippen LogP contribution in [-0.4, -0.2) is 51.9 Å². The summed E-state index contributed by atoms with van der Waals surface area (Å²) in [6.07, 6.45) is 5.53. The van der Waals surface area contributed by atoms with Gasteiger partial charge in [-0.1, -0.05) is 44.2 Å². The van der Waals surface area contributed by atoms with Crippen LogP contribution in [0.1, 0.15) is 69.6 Å². The van der Waals surface area contributed by atoms with Crippen LogP contribution in [0.2, 0.25) is 0 Å². The number of esters is 1. The highest BCUT2D eigenvalue weighted by Crippen LogP contribution is 2.37. The average molecular weight is 531 g/mol. The molecule has 36 heavy (non-hydrogen) atoms. The van der Waals surface area contributed by atoms with Crippen molar-refractivity contribution < 1.29 is 14.3 Å². The number of nitrogens with zero attached hydrogens (tertiary/aromatic N) is 4. The maximum absolute atomic E-state index is 13.3. The van der Waals surface area contributed by atoms with Gasteiger partial charge in [-0.05, 0) is 51.2 Å². The summed E-state index contributed by atoms with van der Waals surface area (Å²) in [5.41, 5.74) is 0.995. The Hall–Kier alpha value is -2.64. The number of carbonyl (C=O) groups is 2. The van der Waals surface area contributed by atoms with E-state index in [9.17, 15) is 19.6 Å². The Bertz CT molecular complexity index is 1160. The molecule has 1 amide bonds. The van der Waals surface area contributed by atoms with Gasteiger partial charge in [0, 0.05) is 31.7 Å². The third-order valence-corrected chi connectivity index (χ3v) is 7.97.